The lowest BCUT2D eigenvalue weighted by Crippen LogP contribution is -2.65. The number of thioether (sulfide) groups is 1. The van der Waals surface area contributed by atoms with Crippen LogP contribution in [0.5, 0.6) is 0 Å². The second kappa shape index (κ2) is 6.59. The summed E-state index contributed by atoms with van der Waals surface area (Å²) >= 11 is 1.95. The molecule has 3 aliphatic rings. The molecule has 4 nitrogen and oxygen atoms in total. The maximum absolute atomic E-state index is 12.9. The van der Waals surface area contributed by atoms with E-state index < -0.39 is 0 Å². The van der Waals surface area contributed by atoms with E-state index in [0.717, 1.165) is 19.4 Å². The molecule has 3 fully saturated rings. The molecule has 21 heavy (non-hydrogen) atoms. The summed E-state index contributed by atoms with van der Waals surface area (Å²) in [6, 6.07) is -0.570. The molecule has 0 aromatic carbocycles. The Morgan fingerprint density at radius 2 is 1.90 bits per heavy atom. The monoisotopic (exact) mass is 310 g/mol. The fourth-order valence-corrected chi connectivity index (χ4v) is 5.16. The van der Waals surface area contributed by atoms with Gasteiger partial charge < -0.3 is 10.2 Å². The smallest absolute Gasteiger partial charge is 0.246 e. The fourth-order valence-electron chi connectivity index (χ4n) is 3.89. The Labute approximate surface area is 131 Å². The van der Waals surface area contributed by atoms with Gasteiger partial charge in [0.2, 0.25) is 11.8 Å². The minimum absolute atomic E-state index is 0.0353. The first-order valence-electron chi connectivity index (χ1n) is 8.39. The summed E-state index contributed by atoms with van der Waals surface area (Å²) in [6.45, 7) is 2.62. The first kappa shape index (κ1) is 15.2. The van der Waals surface area contributed by atoms with Gasteiger partial charge in [-0.1, -0.05) is 19.3 Å². The second-order valence-corrected chi connectivity index (χ2v) is 8.09. The molecule has 0 aromatic rings. The van der Waals surface area contributed by atoms with Crippen molar-refractivity contribution in [1.82, 2.24) is 10.2 Å². The Morgan fingerprint density at radius 3 is 2.57 bits per heavy atom. The maximum Gasteiger partial charge on any atom is 0.246 e. The molecule has 2 amide bonds. The Hall–Kier alpha value is -0.710. The van der Waals surface area contributed by atoms with E-state index in [-0.39, 0.29) is 23.9 Å². The van der Waals surface area contributed by atoms with Crippen LogP contribution in [0.1, 0.15) is 51.9 Å². The van der Waals surface area contributed by atoms with Crippen molar-refractivity contribution in [3.8, 4) is 0 Å². The van der Waals surface area contributed by atoms with Crippen molar-refractivity contribution in [2.45, 2.75) is 69.2 Å². The van der Waals surface area contributed by atoms with Gasteiger partial charge in [0.1, 0.15) is 12.1 Å². The number of nitrogens with zero attached hydrogens (tertiary/aromatic N) is 1. The highest BCUT2D eigenvalue weighted by atomic mass is 32.2. The minimum Gasteiger partial charge on any atom is -0.342 e. The zero-order valence-corrected chi connectivity index (χ0v) is 13.7. The molecule has 1 aliphatic carbocycles. The summed E-state index contributed by atoms with van der Waals surface area (Å²) in [4.78, 5) is 27.0. The quantitative estimate of drug-likeness (QED) is 0.869. The van der Waals surface area contributed by atoms with Crippen molar-refractivity contribution in [3.63, 3.8) is 0 Å². The third kappa shape index (κ3) is 3.22. The van der Waals surface area contributed by atoms with Gasteiger partial charge in [-0.05, 0) is 44.3 Å². The van der Waals surface area contributed by atoms with E-state index in [1.54, 1.807) is 0 Å². The number of carbonyl (C=O) groups excluding carboxylic acids is 2. The van der Waals surface area contributed by atoms with E-state index >= 15 is 0 Å². The van der Waals surface area contributed by atoms with Gasteiger partial charge in [0.05, 0.1) is 0 Å². The lowest BCUT2D eigenvalue weighted by Gasteiger charge is -2.42. The van der Waals surface area contributed by atoms with Gasteiger partial charge in [-0.15, -0.1) is 0 Å². The van der Waals surface area contributed by atoms with Crippen molar-refractivity contribution >= 4 is 23.6 Å². The van der Waals surface area contributed by atoms with Crippen LogP contribution >= 0.6 is 11.8 Å². The third-order valence-corrected chi connectivity index (χ3v) is 6.62. The summed E-state index contributed by atoms with van der Waals surface area (Å²) in [5, 5.41) is 3.53. The minimum atomic E-state index is -0.307. The van der Waals surface area contributed by atoms with E-state index in [2.05, 4.69) is 5.32 Å². The van der Waals surface area contributed by atoms with Gasteiger partial charge in [-0.3, -0.25) is 9.59 Å². The average Bonchev–Trinajstić information content (AvgIpc) is 3.01. The van der Waals surface area contributed by atoms with Crippen LogP contribution in [0.2, 0.25) is 0 Å². The Bertz CT molecular complexity index is 403. The molecule has 0 bridgehead atoms. The predicted molar refractivity (Wildman–Crippen MR) is 85.2 cm³/mol. The van der Waals surface area contributed by atoms with Crippen LogP contribution in [0.4, 0.5) is 0 Å². The molecule has 0 aromatic heterocycles. The lowest BCUT2D eigenvalue weighted by atomic mass is 9.82. The third-order valence-electron chi connectivity index (χ3n) is 5.24. The zero-order chi connectivity index (χ0) is 14.8. The first-order valence-corrected chi connectivity index (χ1v) is 9.44. The van der Waals surface area contributed by atoms with E-state index in [4.69, 9.17) is 0 Å². The zero-order valence-electron chi connectivity index (χ0n) is 12.8. The van der Waals surface area contributed by atoms with Crippen LogP contribution in [-0.4, -0.2) is 46.3 Å². The highest BCUT2D eigenvalue weighted by molar-refractivity contribution is 8.00. The molecule has 118 valence electrons. The summed E-state index contributed by atoms with van der Waals surface area (Å²) in [7, 11) is 0. The molecule has 2 saturated heterocycles. The van der Waals surface area contributed by atoms with Crippen molar-refractivity contribution < 1.29 is 9.59 Å². The number of nitrogens with one attached hydrogen (secondary N) is 1. The van der Waals surface area contributed by atoms with Crippen molar-refractivity contribution in [1.29, 1.82) is 0 Å². The highest BCUT2D eigenvalue weighted by Crippen LogP contribution is 2.31. The molecule has 3 unspecified atom stereocenters. The molecular weight excluding hydrogens is 284 g/mol. The first-order chi connectivity index (χ1) is 10.2. The van der Waals surface area contributed by atoms with Gasteiger partial charge in [-0.2, -0.15) is 11.8 Å². The molecule has 1 N–H and O–H groups in total. The molecule has 3 rings (SSSR count). The van der Waals surface area contributed by atoms with E-state index in [1.165, 1.54) is 37.9 Å². The highest BCUT2D eigenvalue weighted by Gasteiger charge is 2.42. The number of piperazine rings is 1. The van der Waals surface area contributed by atoms with Crippen molar-refractivity contribution in [2.75, 3.05) is 12.3 Å². The second-order valence-electron chi connectivity index (χ2n) is 6.69. The summed E-state index contributed by atoms with van der Waals surface area (Å²) in [5.74, 6) is 1.75. The molecule has 0 radical (unpaired) electrons. The van der Waals surface area contributed by atoms with Gasteiger partial charge in [0.25, 0.3) is 0 Å². The van der Waals surface area contributed by atoms with Gasteiger partial charge >= 0.3 is 0 Å². The Balaban J connectivity index is 1.70. The van der Waals surface area contributed by atoms with Gasteiger partial charge in [-0.25, -0.2) is 0 Å². The van der Waals surface area contributed by atoms with Crippen LogP contribution in [0, 0.1) is 5.92 Å². The normalized spacial score (nSPS) is 35.1. The molecular formula is C16H26N2O2S. The van der Waals surface area contributed by atoms with Crippen molar-refractivity contribution in [2.24, 2.45) is 5.92 Å². The topological polar surface area (TPSA) is 49.4 Å². The molecule has 0 spiro atoms. The number of carbonyl (C=O) groups is 2. The number of amides is 2. The van der Waals surface area contributed by atoms with Crippen molar-refractivity contribution in [3.05, 3.63) is 0 Å². The molecule has 3 atom stereocenters. The van der Waals surface area contributed by atoms with E-state index in [0.29, 0.717) is 11.2 Å². The molecule has 2 heterocycles. The molecule has 2 aliphatic heterocycles. The van der Waals surface area contributed by atoms with E-state index in [9.17, 15) is 9.59 Å². The summed E-state index contributed by atoms with van der Waals surface area (Å²) in [5.41, 5.74) is 0. The van der Waals surface area contributed by atoms with Crippen LogP contribution in [-0.2, 0) is 9.59 Å². The van der Waals surface area contributed by atoms with Crippen LogP contribution in [0.3, 0.4) is 0 Å². The number of hydrogen-bond donors (Lipinski definition) is 1. The number of rotatable bonds is 3. The van der Waals surface area contributed by atoms with Crippen LogP contribution in [0.15, 0.2) is 0 Å². The summed E-state index contributed by atoms with van der Waals surface area (Å²) < 4.78 is 0. The summed E-state index contributed by atoms with van der Waals surface area (Å²) in [6.07, 6.45) is 8.23. The molecule has 5 heteroatoms. The SMILES string of the molecule is CC1C(=O)NC(C2CCCCC2)C(=O)N1CC1CCCS1. The standard InChI is InChI=1S/C16H26N2O2S/c1-11-15(19)17-14(12-6-3-2-4-7-12)16(20)18(11)10-13-8-5-9-21-13/h11-14H,2-10H2,1H3,(H,17,19). The maximum atomic E-state index is 12.9. The Kier molecular flexibility index (Phi) is 4.77. The predicted octanol–water partition coefficient (Wildman–Crippen LogP) is 2.18. The van der Waals surface area contributed by atoms with Crippen LogP contribution in [0.25, 0.3) is 0 Å². The lowest BCUT2D eigenvalue weighted by molar-refractivity contribution is -0.150. The van der Waals surface area contributed by atoms with Crippen LogP contribution < -0.4 is 5.32 Å². The average molecular weight is 310 g/mol. The van der Waals surface area contributed by atoms with Gasteiger partial charge in [0, 0.05) is 11.8 Å². The Morgan fingerprint density at radius 1 is 1.14 bits per heavy atom. The van der Waals surface area contributed by atoms with Gasteiger partial charge in [0.15, 0.2) is 0 Å². The van der Waals surface area contributed by atoms with E-state index in [1.807, 2.05) is 23.6 Å². The molecule has 1 saturated carbocycles. The fraction of sp³-hybridized carbons (Fsp3) is 0.875. The number of hydrogen-bond acceptors (Lipinski definition) is 3. The largest absolute Gasteiger partial charge is 0.342 e.